The minimum absolute atomic E-state index is 0.116. The van der Waals surface area contributed by atoms with Crippen LogP contribution in [0.4, 0.5) is 0 Å². The van der Waals surface area contributed by atoms with Crippen molar-refractivity contribution >= 4 is 11.6 Å². The number of benzene rings is 1. The van der Waals surface area contributed by atoms with E-state index in [1.807, 2.05) is 26.0 Å². The molecule has 5 nitrogen and oxygen atoms in total. The van der Waals surface area contributed by atoms with Crippen LogP contribution < -0.4 is 5.32 Å². The van der Waals surface area contributed by atoms with Gasteiger partial charge in [0, 0.05) is 42.2 Å². The highest BCUT2D eigenvalue weighted by Crippen LogP contribution is 2.32. The van der Waals surface area contributed by atoms with Crippen molar-refractivity contribution in [3.8, 4) is 0 Å². The van der Waals surface area contributed by atoms with Crippen LogP contribution in [0.1, 0.15) is 34.6 Å². The number of carbonyl (C=O) groups excluding carboxylic acids is 2. The maximum Gasteiger partial charge on any atom is 0.198 e. The zero-order chi connectivity index (χ0) is 18.0. The van der Waals surface area contributed by atoms with Crippen molar-refractivity contribution in [2.24, 2.45) is 0 Å². The number of nitrogens with zero attached hydrogens (tertiary/aromatic N) is 1. The van der Waals surface area contributed by atoms with Crippen LogP contribution in [0, 0.1) is 0 Å². The van der Waals surface area contributed by atoms with Crippen LogP contribution in [0.2, 0.25) is 0 Å². The minimum atomic E-state index is -0.193. The highest BCUT2D eigenvalue weighted by Gasteiger charge is 2.35. The van der Waals surface area contributed by atoms with Gasteiger partial charge in [-0.2, -0.15) is 0 Å². The lowest BCUT2D eigenvalue weighted by Crippen LogP contribution is -2.32. The predicted octanol–water partition coefficient (Wildman–Crippen LogP) is 2.07. The number of aliphatic hydroxyl groups excluding tert-OH is 1. The SMILES string of the molecule is CC1=CC(=C2C(=O)c3ccccc3C2=O)C=C(C)N1CCNCCO. The smallest absolute Gasteiger partial charge is 0.198 e. The fourth-order valence-electron chi connectivity index (χ4n) is 3.33. The normalized spacial score (nSPS) is 17.0. The van der Waals surface area contributed by atoms with E-state index in [2.05, 4.69) is 10.2 Å². The van der Waals surface area contributed by atoms with Crippen LogP contribution in [-0.2, 0) is 0 Å². The number of ketones is 2. The van der Waals surface area contributed by atoms with Gasteiger partial charge in [-0.3, -0.25) is 9.59 Å². The zero-order valence-corrected chi connectivity index (χ0v) is 14.5. The van der Waals surface area contributed by atoms with Gasteiger partial charge in [0.15, 0.2) is 11.6 Å². The van der Waals surface area contributed by atoms with E-state index in [9.17, 15) is 9.59 Å². The summed E-state index contributed by atoms with van der Waals surface area (Å²) in [6.45, 7) is 6.13. The molecule has 0 saturated heterocycles. The standard InChI is InChI=1S/C20H22N2O3/c1-13-11-15(12-14(2)22(13)9-7-21-8-10-23)18-19(24)16-5-3-4-6-17(16)20(18)25/h3-6,11-12,21,23H,7-10H2,1-2H3. The van der Waals surface area contributed by atoms with Crippen molar-refractivity contribution < 1.29 is 14.7 Å². The number of fused-ring (bicyclic) bond motifs is 1. The molecule has 0 unspecified atom stereocenters. The Balaban J connectivity index is 1.88. The molecule has 1 aromatic rings. The first-order valence-corrected chi connectivity index (χ1v) is 8.43. The molecule has 0 atom stereocenters. The first-order chi connectivity index (χ1) is 12.0. The van der Waals surface area contributed by atoms with Gasteiger partial charge in [-0.05, 0) is 31.6 Å². The van der Waals surface area contributed by atoms with Crippen LogP contribution in [-0.4, -0.2) is 47.8 Å². The molecule has 0 fully saturated rings. The summed E-state index contributed by atoms with van der Waals surface area (Å²) < 4.78 is 0. The molecular weight excluding hydrogens is 316 g/mol. The second-order valence-electron chi connectivity index (χ2n) is 6.23. The second kappa shape index (κ2) is 7.17. The molecule has 1 aromatic carbocycles. The van der Waals surface area contributed by atoms with Gasteiger partial charge in [-0.1, -0.05) is 24.3 Å². The Morgan fingerprint density at radius 1 is 0.960 bits per heavy atom. The topological polar surface area (TPSA) is 69.6 Å². The number of allylic oxidation sites excluding steroid dienone is 6. The predicted molar refractivity (Wildman–Crippen MR) is 96.3 cm³/mol. The Hall–Kier alpha value is -2.50. The van der Waals surface area contributed by atoms with Crippen molar-refractivity contribution in [2.45, 2.75) is 13.8 Å². The number of aliphatic hydroxyl groups is 1. The van der Waals surface area contributed by atoms with Gasteiger partial charge < -0.3 is 15.3 Å². The summed E-state index contributed by atoms with van der Waals surface area (Å²) in [5.41, 5.74) is 3.90. The number of Topliss-reactive ketones (excluding diaryl/α,β-unsaturated/α-hetero) is 2. The molecular formula is C20H22N2O3. The maximum atomic E-state index is 12.7. The van der Waals surface area contributed by atoms with Gasteiger partial charge in [0.2, 0.25) is 0 Å². The van der Waals surface area contributed by atoms with E-state index in [0.717, 1.165) is 24.5 Å². The first-order valence-electron chi connectivity index (χ1n) is 8.43. The summed E-state index contributed by atoms with van der Waals surface area (Å²) in [5.74, 6) is -0.386. The lowest BCUT2D eigenvalue weighted by molar-refractivity contribution is 0.0988. The van der Waals surface area contributed by atoms with Gasteiger partial charge in [0.05, 0.1) is 12.2 Å². The van der Waals surface area contributed by atoms with Gasteiger partial charge in [0.1, 0.15) is 0 Å². The first kappa shape index (κ1) is 17.3. The molecule has 0 radical (unpaired) electrons. The van der Waals surface area contributed by atoms with Crippen LogP contribution in [0.3, 0.4) is 0 Å². The van der Waals surface area contributed by atoms with Crippen LogP contribution in [0.5, 0.6) is 0 Å². The Morgan fingerprint density at radius 2 is 1.52 bits per heavy atom. The van der Waals surface area contributed by atoms with E-state index >= 15 is 0 Å². The van der Waals surface area contributed by atoms with Crippen molar-refractivity contribution in [1.82, 2.24) is 10.2 Å². The van der Waals surface area contributed by atoms with E-state index in [4.69, 9.17) is 5.11 Å². The monoisotopic (exact) mass is 338 g/mol. The number of rotatable bonds is 5. The zero-order valence-electron chi connectivity index (χ0n) is 14.5. The Morgan fingerprint density at radius 3 is 2.04 bits per heavy atom. The van der Waals surface area contributed by atoms with Crippen molar-refractivity contribution in [2.75, 3.05) is 26.2 Å². The van der Waals surface area contributed by atoms with Gasteiger partial charge >= 0.3 is 0 Å². The molecule has 130 valence electrons. The number of nitrogens with one attached hydrogen (secondary N) is 1. The average Bonchev–Trinajstić information content (AvgIpc) is 2.85. The average molecular weight is 338 g/mol. The third kappa shape index (κ3) is 3.21. The molecule has 0 amide bonds. The highest BCUT2D eigenvalue weighted by atomic mass is 16.3. The number of carbonyl (C=O) groups is 2. The minimum Gasteiger partial charge on any atom is -0.395 e. The van der Waals surface area contributed by atoms with Crippen LogP contribution in [0.15, 0.2) is 59.0 Å². The molecule has 5 heteroatoms. The van der Waals surface area contributed by atoms with Crippen molar-refractivity contribution in [3.63, 3.8) is 0 Å². The Bertz CT molecular complexity index is 759. The molecule has 1 aliphatic heterocycles. The fourth-order valence-corrected chi connectivity index (χ4v) is 3.33. The third-order valence-electron chi connectivity index (χ3n) is 4.54. The lowest BCUT2D eigenvalue weighted by Gasteiger charge is -2.30. The van der Waals surface area contributed by atoms with E-state index in [-0.39, 0.29) is 23.7 Å². The molecule has 3 rings (SSSR count). The molecule has 0 bridgehead atoms. The summed E-state index contributed by atoms with van der Waals surface area (Å²) in [6, 6.07) is 6.97. The van der Waals surface area contributed by atoms with Crippen molar-refractivity contribution in [3.05, 3.63) is 70.1 Å². The number of hydrogen-bond acceptors (Lipinski definition) is 5. The Labute approximate surface area is 147 Å². The molecule has 2 N–H and O–H groups in total. The quantitative estimate of drug-likeness (QED) is 0.489. The molecule has 2 aliphatic rings. The van der Waals surface area contributed by atoms with Crippen LogP contribution >= 0.6 is 0 Å². The fraction of sp³-hybridized carbons (Fsp3) is 0.300. The summed E-state index contributed by atoms with van der Waals surface area (Å²) in [5, 5.41) is 12.0. The molecule has 1 heterocycles. The summed E-state index contributed by atoms with van der Waals surface area (Å²) in [7, 11) is 0. The summed E-state index contributed by atoms with van der Waals surface area (Å²) >= 11 is 0. The molecule has 0 spiro atoms. The number of hydrogen-bond donors (Lipinski definition) is 2. The third-order valence-corrected chi connectivity index (χ3v) is 4.54. The lowest BCUT2D eigenvalue weighted by atomic mass is 9.99. The van der Waals surface area contributed by atoms with Crippen molar-refractivity contribution in [1.29, 1.82) is 0 Å². The van der Waals surface area contributed by atoms with E-state index in [1.54, 1.807) is 24.3 Å². The highest BCUT2D eigenvalue weighted by molar-refractivity contribution is 6.40. The second-order valence-corrected chi connectivity index (χ2v) is 6.23. The summed E-state index contributed by atoms with van der Waals surface area (Å²) in [4.78, 5) is 27.5. The van der Waals surface area contributed by atoms with E-state index in [1.165, 1.54) is 0 Å². The summed E-state index contributed by atoms with van der Waals surface area (Å²) in [6.07, 6.45) is 3.80. The van der Waals surface area contributed by atoms with E-state index < -0.39 is 0 Å². The molecule has 0 aromatic heterocycles. The maximum absolute atomic E-state index is 12.7. The van der Waals surface area contributed by atoms with Gasteiger partial charge in [-0.15, -0.1) is 0 Å². The largest absolute Gasteiger partial charge is 0.395 e. The molecule has 25 heavy (non-hydrogen) atoms. The molecule has 1 aliphatic carbocycles. The van der Waals surface area contributed by atoms with E-state index in [0.29, 0.717) is 23.2 Å². The Kier molecular flexibility index (Phi) is 4.97. The van der Waals surface area contributed by atoms with Gasteiger partial charge in [0.25, 0.3) is 0 Å². The van der Waals surface area contributed by atoms with Gasteiger partial charge in [-0.25, -0.2) is 0 Å². The molecule has 0 saturated carbocycles. The van der Waals surface area contributed by atoms with Crippen LogP contribution in [0.25, 0.3) is 0 Å².